The molecule has 1 aromatic carbocycles. The van der Waals surface area contributed by atoms with Crippen LogP contribution in [0.1, 0.15) is 28.4 Å². The highest BCUT2D eigenvalue weighted by Crippen LogP contribution is 2.50. The zero-order chi connectivity index (χ0) is 13.1. The van der Waals surface area contributed by atoms with Crippen LogP contribution in [0, 0.1) is 6.92 Å². The topological polar surface area (TPSA) is 52.6 Å². The van der Waals surface area contributed by atoms with Gasteiger partial charge in [0.1, 0.15) is 0 Å². The molecule has 1 aromatic rings. The summed E-state index contributed by atoms with van der Waals surface area (Å²) in [6.07, 6.45) is 0.108. The van der Waals surface area contributed by atoms with E-state index >= 15 is 0 Å². The van der Waals surface area contributed by atoms with Crippen LogP contribution >= 0.6 is 7.60 Å². The molecule has 0 heterocycles. The Morgan fingerprint density at radius 3 is 2.35 bits per heavy atom. The van der Waals surface area contributed by atoms with Gasteiger partial charge in [-0.3, -0.25) is 9.36 Å². The highest BCUT2D eigenvalue weighted by Gasteiger charge is 2.24. The van der Waals surface area contributed by atoms with E-state index in [-0.39, 0.29) is 11.9 Å². The summed E-state index contributed by atoms with van der Waals surface area (Å²) < 4.78 is 21.8. The molecule has 0 aliphatic rings. The Morgan fingerprint density at radius 2 is 1.88 bits per heavy atom. The van der Waals surface area contributed by atoms with E-state index in [0.29, 0.717) is 11.1 Å². The molecule has 0 fully saturated rings. The Kier molecular flexibility index (Phi) is 4.63. The molecule has 0 unspecified atom stereocenters. The number of hydrogen-bond acceptors (Lipinski definition) is 4. The first-order valence-electron chi connectivity index (χ1n) is 5.23. The van der Waals surface area contributed by atoms with Gasteiger partial charge in [0.15, 0.2) is 5.78 Å². The maximum Gasteiger partial charge on any atom is 0.334 e. The van der Waals surface area contributed by atoms with Crippen LogP contribution in [-0.2, 0) is 19.8 Å². The third-order valence-corrected chi connectivity index (χ3v) is 4.40. The van der Waals surface area contributed by atoms with Crippen LogP contribution in [0.25, 0.3) is 0 Å². The quantitative estimate of drug-likeness (QED) is 0.599. The summed E-state index contributed by atoms with van der Waals surface area (Å²) in [6.45, 7) is 3.40. The molecule has 4 nitrogen and oxygen atoms in total. The Balaban J connectivity index is 3.16. The second-order valence-corrected chi connectivity index (χ2v) is 6.12. The molecule has 0 N–H and O–H groups in total. The van der Waals surface area contributed by atoms with Crippen molar-refractivity contribution < 1.29 is 18.4 Å². The van der Waals surface area contributed by atoms with Gasteiger partial charge < -0.3 is 9.05 Å². The number of aryl methyl sites for hydroxylation is 1. The van der Waals surface area contributed by atoms with Crippen LogP contribution in [0.2, 0.25) is 0 Å². The number of carbonyl (C=O) groups is 1. The number of carbonyl (C=O) groups excluding carboxylic acids is 1. The summed E-state index contributed by atoms with van der Waals surface area (Å²) >= 11 is 0. The molecule has 5 heteroatoms. The standard InChI is InChI=1S/C12H17O4P/c1-9-5-6-12(10(2)13)11(7-9)8-17(14,15-3)16-4/h5-7H,8H2,1-4H3. The lowest BCUT2D eigenvalue weighted by Gasteiger charge is -2.15. The number of Topliss-reactive ketones (excluding diaryl/α,β-unsaturated/α-hetero) is 1. The molecule has 1 rings (SSSR count). The van der Waals surface area contributed by atoms with Crippen LogP contribution in [0.15, 0.2) is 18.2 Å². The van der Waals surface area contributed by atoms with Gasteiger partial charge in [0.05, 0.1) is 6.16 Å². The van der Waals surface area contributed by atoms with E-state index in [2.05, 4.69) is 0 Å². The van der Waals surface area contributed by atoms with E-state index < -0.39 is 7.60 Å². The average molecular weight is 256 g/mol. The fourth-order valence-corrected chi connectivity index (χ4v) is 2.70. The maximum atomic E-state index is 12.1. The Morgan fingerprint density at radius 1 is 1.29 bits per heavy atom. The fourth-order valence-electron chi connectivity index (χ4n) is 1.61. The normalized spacial score (nSPS) is 11.5. The van der Waals surface area contributed by atoms with Crippen molar-refractivity contribution >= 4 is 13.4 Å². The lowest BCUT2D eigenvalue weighted by molar-refractivity contribution is 0.101. The largest absolute Gasteiger partial charge is 0.334 e. The fraction of sp³-hybridized carbons (Fsp3) is 0.417. The summed E-state index contributed by atoms with van der Waals surface area (Å²) in [7, 11) is -0.460. The summed E-state index contributed by atoms with van der Waals surface area (Å²) in [5.41, 5.74) is 2.26. The summed E-state index contributed by atoms with van der Waals surface area (Å²) in [5, 5.41) is 0. The second kappa shape index (κ2) is 5.58. The SMILES string of the molecule is COP(=O)(Cc1cc(C)ccc1C(C)=O)OC. The molecule has 0 bridgehead atoms. The first-order valence-corrected chi connectivity index (χ1v) is 6.95. The molecule has 0 amide bonds. The summed E-state index contributed by atoms with van der Waals surface area (Å²) in [6, 6.07) is 5.43. The molecule has 0 aliphatic heterocycles. The predicted octanol–water partition coefficient (Wildman–Crippen LogP) is 3.18. The van der Waals surface area contributed by atoms with Crippen LogP contribution in [0.5, 0.6) is 0 Å². The van der Waals surface area contributed by atoms with Gasteiger partial charge in [0.2, 0.25) is 0 Å². The van der Waals surface area contributed by atoms with Gasteiger partial charge >= 0.3 is 7.60 Å². The summed E-state index contributed by atoms with van der Waals surface area (Å²) in [5.74, 6) is -0.0567. The van der Waals surface area contributed by atoms with Gasteiger partial charge in [-0.25, -0.2) is 0 Å². The first kappa shape index (κ1) is 14.1. The van der Waals surface area contributed by atoms with E-state index in [1.807, 2.05) is 19.1 Å². The Bertz CT molecular complexity index is 460. The number of rotatable bonds is 5. The molecule has 94 valence electrons. The molecule has 0 atom stereocenters. The van der Waals surface area contributed by atoms with Gasteiger partial charge in [-0.1, -0.05) is 23.8 Å². The highest BCUT2D eigenvalue weighted by atomic mass is 31.2. The van der Waals surface area contributed by atoms with Gasteiger partial charge in [-0.15, -0.1) is 0 Å². The van der Waals surface area contributed by atoms with Crippen LogP contribution in [0.3, 0.4) is 0 Å². The second-order valence-electron chi connectivity index (χ2n) is 3.85. The maximum absolute atomic E-state index is 12.1. The molecule has 0 aliphatic carbocycles. The van der Waals surface area contributed by atoms with Crippen molar-refractivity contribution in [3.8, 4) is 0 Å². The minimum absolute atomic E-state index is 0.0567. The predicted molar refractivity (Wildman–Crippen MR) is 66.5 cm³/mol. The van der Waals surface area contributed by atoms with Crippen molar-refractivity contribution in [2.45, 2.75) is 20.0 Å². The zero-order valence-electron chi connectivity index (χ0n) is 10.5. The van der Waals surface area contributed by atoms with Crippen LogP contribution in [0.4, 0.5) is 0 Å². The average Bonchev–Trinajstić information content (AvgIpc) is 2.28. The van der Waals surface area contributed by atoms with Gasteiger partial charge in [-0.2, -0.15) is 0 Å². The minimum Gasteiger partial charge on any atom is -0.312 e. The van der Waals surface area contributed by atoms with Crippen molar-refractivity contribution in [3.05, 3.63) is 34.9 Å². The number of benzene rings is 1. The third-order valence-electron chi connectivity index (χ3n) is 2.56. The molecule has 0 radical (unpaired) electrons. The molecular weight excluding hydrogens is 239 g/mol. The first-order chi connectivity index (χ1) is 7.91. The van der Waals surface area contributed by atoms with Crippen LogP contribution < -0.4 is 0 Å². The smallest absolute Gasteiger partial charge is 0.312 e. The Labute approximate surface area is 101 Å². The van der Waals surface area contributed by atoms with Crippen molar-refractivity contribution in [1.29, 1.82) is 0 Å². The monoisotopic (exact) mass is 256 g/mol. The van der Waals surface area contributed by atoms with Gasteiger partial charge in [-0.05, 0) is 19.4 Å². The van der Waals surface area contributed by atoms with E-state index in [1.54, 1.807) is 6.07 Å². The van der Waals surface area contributed by atoms with E-state index in [0.717, 1.165) is 5.56 Å². The highest BCUT2D eigenvalue weighted by molar-refractivity contribution is 7.52. The zero-order valence-corrected chi connectivity index (χ0v) is 11.4. The molecule has 0 aromatic heterocycles. The molecule has 17 heavy (non-hydrogen) atoms. The van der Waals surface area contributed by atoms with Gasteiger partial charge in [0.25, 0.3) is 0 Å². The van der Waals surface area contributed by atoms with E-state index in [9.17, 15) is 9.36 Å². The summed E-state index contributed by atoms with van der Waals surface area (Å²) in [4.78, 5) is 11.5. The van der Waals surface area contributed by atoms with Gasteiger partial charge in [0, 0.05) is 19.8 Å². The molecule has 0 saturated carbocycles. The van der Waals surface area contributed by atoms with Crippen molar-refractivity contribution in [2.75, 3.05) is 14.2 Å². The van der Waals surface area contributed by atoms with Crippen molar-refractivity contribution in [2.24, 2.45) is 0 Å². The number of ketones is 1. The lowest BCUT2D eigenvalue weighted by atomic mass is 10.0. The van der Waals surface area contributed by atoms with Crippen LogP contribution in [-0.4, -0.2) is 20.0 Å². The van der Waals surface area contributed by atoms with Crippen molar-refractivity contribution in [1.82, 2.24) is 0 Å². The molecular formula is C12H17O4P. The van der Waals surface area contributed by atoms with Crippen molar-refractivity contribution in [3.63, 3.8) is 0 Å². The van der Waals surface area contributed by atoms with E-state index in [4.69, 9.17) is 9.05 Å². The van der Waals surface area contributed by atoms with E-state index in [1.165, 1.54) is 21.1 Å². The lowest BCUT2D eigenvalue weighted by Crippen LogP contribution is -2.02. The minimum atomic E-state index is -3.14. The molecule has 0 saturated heterocycles. The Hall–Kier alpha value is -0.960. The molecule has 0 spiro atoms. The number of hydrogen-bond donors (Lipinski definition) is 0. The third kappa shape index (κ3) is 3.50.